The Labute approximate surface area is 96.5 Å². The van der Waals surface area contributed by atoms with E-state index in [-0.39, 0.29) is 0 Å². The third-order valence-corrected chi connectivity index (χ3v) is 2.71. The van der Waals surface area contributed by atoms with Crippen LogP contribution in [-0.4, -0.2) is 50.2 Å². The van der Waals surface area contributed by atoms with Gasteiger partial charge in [0, 0.05) is 46.3 Å². The number of aromatic nitrogens is 2. The predicted molar refractivity (Wildman–Crippen MR) is 66.2 cm³/mol. The van der Waals surface area contributed by atoms with Crippen molar-refractivity contribution in [3.05, 3.63) is 11.9 Å². The van der Waals surface area contributed by atoms with Crippen molar-refractivity contribution in [1.29, 1.82) is 0 Å². The van der Waals surface area contributed by atoms with E-state index in [9.17, 15) is 0 Å². The minimum Gasteiger partial charge on any atom is -0.363 e. The Balaban J connectivity index is 2.25. The third kappa shape index (κ3) is 2.41. The standard InChI is InChI=1S/C11H19N5/c1-9-13-10(15(2)3)8-11(14-9)16-6-4-12-5-7-16/h8,12H,4-7H2,1-3H3. The summed E-state index contributed by atoms with van der Waals surface area (Å²) in [7, 11) is 4.01. The fraction of sp³-hybridized carbons (Fsp3) is 0.636. The molecule has 0 saturated carbocycles. The molecular formula is C11H19N5. The Kier molecular flexibility index (Phi) is 3.24. The highest BCUT2D eigenvalue weighted by Crippen LogP contribution is 2.17. The highest BCUT2D eigenvalue weighted by Gasteiger charge is 2.13. The van der Waals surface area contributed by atoms with Crippen LogP contribution in [0.15, 0.2) is 6.07 Å². The van der Waals surface area contributed by atoms with Gasteiger partial charge in [-0.1, -0.05) is 0 Å². The second kappa shape index (κ2) is 4.65. The van der Waals surface area contributed by atoms with Crippen molar-refractivity contribution in [2.24, 2.45) is 0 Å². The van der Waals surface area contributed by atoms with Crippen LogP contribution >= 0.6 is 0 Å². The summed E-state index contributed by atoms with van der Waals surface area (Å²) in [5, 5.41) is 3.34. The lowest BCUT2D eigenvalue weighted by molar-refractivity contribution is 0.584. The zero-order valence-electron chi connectivity index (χ0n) is 10.2. The molecule has 16 heavy (non-hydrogen) atoms. The minimum atomic E-state index is 0.833. The highest BCUT2D eigenvalue weighted by molar-refractivity contribution is 5.50. The molecule has 1 N–H and O–H groups in total. The van der Waals surface area contributed by atoms with Gasteiger partial charge in [-0.2, -0.15) is 0 Å². The van der Waals surface area contributed by atoms with Gasteiger partial charge in [0.25, 0.3) is 0 Å². The van der Waals surface area contributed by atoms with Crippen LogP contribution in [0, 0.1) is 6.92 Å². The Bertz CT molecular complexity index is 357. The summed E-state index contributed by atoms with van der Waals surface area (Å²) >= 11 is 0. The van der Waals surface area contributed by atoms with E-state index >= 15 is 0 Å². The summed E-state index contributed by atoms with van der Waals surface area (Å²) in [5.41, 5.74) is 0. The van der Waals surface area contributed by atoms with Crippen LogP contribution in [0.5, 0.6) is 0 Å². The normalized spacial score (nSPS) is 16.3. The summed E-state index contributed by atoms with van der Waals surface area (Å²) < 4.78 is 0. The van der Waals surface area contributed by atoms with Crippen LogP contribution < -0.4 is 15.1 Å². The van der Waals surface area contributed by atoms with Gasteiger partial charge in [-0.25, -0.2) is 9.97 Å². The van der Waals surface area contributed by atoms with Gasteiger partial charge in [-0.15, -0.1) is 0 Å². The van der Waals surface area contributed by atoms with E-state index in [1.54, 1.807) is 0 Å². The van der Waals surface area contributed by atoms with Crippen molar-refractivity contribution < 1.29 is 0 Å². The van der Waals surface area contributed by atoms with Gasteiger partial charge in [0.2, 0.25) is 0 Å². The van der Waals surface area contributed by atoms with Crippen LogP contribution in [0.25, 0.3) is 0 Å². The summed E-state index contributed by atoms with van der Waals surface area (Å²) in [6.45, 7) is 6.03. The fourth-order valence-electron chi connectivity index (χ4n) is 1.82. The van der Waals surface area contributed by atoms with Crippen LogP contribution in [-0.2, 0) is 0 Å². The minimum absolute atomic E-state index is 0.833. The number of hydrogen-bond donors (Lipinski definition) is 1. The molecule has 0 aliphatic carbocycles. The topological polar surface area (TPSA) is 44.3 Å². The highest BCUT2D eigenvalue weighted by atomic mass is 15.2. The Morgan fingerprint density at radius 3 is 2.56 bits per heavy atom. The monoisotopic (exact) mass is 221 g/mol. The molecule has 1 aliphatic rings. The molecule has 1 aromatic rings. The number of nitrogens with zero attached hydrogens (tertiary/aromatic N) is 4. The first kappa shape index (κ1) is 11.1. The number of nitrogens with one attached hydrogen (secondary N) is 1. The molecule has 0 amide bonds. The Morgan fingerprint density at radius 2 is 1.94 bits per heavy atom. The largest absolute Gasteiger partial charge is 0.363 e. The Hall–Kier alpha value is -1.36. The molecule has 1 aromatic heterocycles. The number of anilines is 2. The van der Waals surface area contributed by atoms with Crippen LogP contribution in [0.3, 0.4) is 0 Å². The van der Waals surface area contributed by atoms with Gasteiger partial charge in [-0.05, 0) is 6.92 Å². The van der Waals surface area contributed by atoms with Gasteiger partial charge in [0.15, 0.2) is 0 Å². The van der Waals surface area contributed by atoms with E-state index in [1.165, 1.54) is 0 Å². The van der Waals surface area contributed by atoms with Crippen molar-refractivity contribution >= 4 is 11.6 Å². The average Bonchev–Trinajstić information content (AvgIpc) is 2.29. The maximum atomic E-state index is 4.50. The van der Waals surface area contributed by atoms with E-state index in [0.717, 1.165) is 43.6 Å². The van der Waals surface area contributed by atoms with Crippen molar-refractivity contribution in [1.82, 2.24) is 15.3 Å². The summed E-state index contributed by atoms with van der Waals surface area (Å²) in [6, 6.07) is 2.05. The smallest absolute Gasteiger partial charge is 0.134 e. The Morgan fingerprint density at radius 1 is 1.25 bits per heavy atom. The molecule has 0 atom stereocenters. The lowest BCUT2D eigenvalue weighted by Gasteiger charge is -2.29. The van der Waals surface area contributed by atoms with Crippen molar-refractivity contribution in [3.8, 4) is 0 Å². The van der Waals surface area contributed by atoms with Crippen LogP contribution in [0.2, 0.25) is 0 Å². The van der Waals surface area contributed by atoms with E-state index in [4.69, 9.17) is 0 Å². The molecule has 1 fully saturated rings. The molecule has 5 nitrogen and oxygen atoms in total. The third-order valence-electron chi connectivity index (χ3n) is 2.71. The number of aryl methyl sites for hydroxylation is 1. The van der Waals surface area contributed by atoms with Crippen molar-refractivity contribution in [3.63, 3.8) is 0 Å². The summed E-state index contributed by atoms with van der Waals surface area (Å²) in [6.07, 6.45) is 0. The lowest BCUT2D eigenvalue weighted by Crippen LogP contribution is -2.44. The van der Waals surface area contributed by atoms with E-state index in [1.807, 2.05) is 25.9 Å². The molecule has 0 radical (unpaired) electrons. The second-order valence-electron chi connectivity index (χ2n) is 4.26. The zero-order chi connectivity index (χ0) is 11.5. The SMILES string of the molecule is Cc1nc(N(C)C)cc(N2CCNCC2)n1. The molecule has 88 valence electrons. The maximum Gasteiger partial charge on any atom is 0.134 e. The van der Waals surface area contributed by atoms with Gasteiger partial charge in [0.05, 0.1) is 0 Å². The van der Waals surface area contributed by atoms with E-state index in [2.05, 4.69) is 26.3 Å². The van der Waals surface area contributed by atoms with Gasteiger partial charge in [-0.3, -0.25) is 0 Å². The first-order valence-electron chi connectivity index (χ1n) is 5.65. The number of hydrogen-bond acceptors (Lipinski definition) is 5. The second-order valence-corrected chi connectivity index (χ2v) is 4.26. The number of rotatable bonds is 2. The zero-order valence-corrected chi connectivity index (χ0v) is 10.2. The number of piperazine rings is 1. The van der Waals surface area contributed by atoms with Gasteiger partial charge >= 0.3 is 0 Å². The van der Waals surface area contributed by atoms with Crippen molar-refractivity contribution in [2.45, 2.75) is 6.92 Å². The lowest BCUT2D eigenvalue weighted by atomic mass is 10.3. The molecule has 1 aliphatic heterocycles. The maximum absolute atomic E-state index is 4.50. The molecule has 0 unspecified atom stereocenters. The molecule has 0 bridgehead atoms. The molecule has 5 heteroatoms. The van der Waals surface area contributed by atoms with Gasteiger partial charge < -0.3 is 15.1 Å². The fourth-order valence-corrected chi connectivity index (χ4v) is 1.82. The van der Waals surface area contributed by atoms with E-state index in [0.29, 0.717) is 0 Å². The summed E-state index contributed by atoms with van der Waals surface area (Å²) in [5.74, 6) is 2.85. The molecule has 0 spiro atoms. The van der Waals surface area contributed by atoms with Crippen molar-refractivity contribution in [2.75, 3.05) is 50.1 Å². The van der Waals surface area contributed by atoms with Gasteiger partial charge in [0.1, 0.15) is 17.5 Å². The molecule has 2 rings (SSSR count). The average molecular weight is 221 g/mol. The first-order valence-corrected chi connectivity index (χ1v) is 5.65. The predicted octanol–water partition coefficient (Wildman–Crippen LogP) is 0.261. The molecule has 0 aromatic carbocycles. The van der Waals surface area contributed by atoms with Crippen LogP contribution in [0.4, 0.5) is 11.6 Å². The van der Waals surface area contributed by atoms with Crippen LogP contribution in [0.1, 0.15) is 5.82 Å². The van der Waals surface area contributed by atoms with E-state index < -0.39 is 0 Å². The summed E-state index contributed by atoms with van der Waals surface area (Å²) in [4.78, 5) is 13.2. The molecular weight excluding hydrogens is 202 g/mol. The quantitative estimate of drug-likeness (QED) is 0.776. The first-order chi connectivity index (χ1) is 7.66. The molecule has 1 saturated heterocycles. The molecule has 2 heterocycles.